The van der Waals surface area contributed by atoms with Gasteiger partial charge in [0.05, 0.1) is 0 Å². The van der Waals surface area contributed by atoms with Crippen molar-refractivity contribution < 1.29 is 14.2 Å². The number of carbonyl (C=O) groups excluding carboxylic acids is 2. The Morgan fingerprint density at radius 1 is 0.649 bits per heavy atom. The number of benzene rings is 7. The summed E-state index contributed by atoms with van der Waals surface area (Å²) in [5.74, 6) is 0.0733. The molecule has 1 aliphatic heterocycles. The van der Waals surface area contributed by atoms with E-state index in [0.29, 0.717) is 30.7 Å². The van der Waals surface area contributed by atoms with E-state index in [9.17, 15) is 9.59 Å². The number of carbonyl (C=O) groups is 2. The molecule has 0 spiro atoms. The van der Waals surface area contributed by atoms with E-state index in [-0.39, 0.29) is 11.7 Å². The number of amides is 1. The predicted octanol–water partition coefficient (Wildman–Crippen LogP) is 14.5. The number of hydrogen-bond donors (Lipinski definition) is 2. The Balaban J connectivity index is 1.13. The molecule has 77 heavy (non-hydrogen) atoms. The van der Waals surface area contributed by atoms with Crippen LogP contribution >= 0.6 is 0 Å². The molecule has 6 nitrogen and oxygen atoms in total. The molecule has 2 N–H and O–H groups in total. The molecular weight excluding hydrogens is 957 g/mol. The number of anilines is 1. The number of fused-ring (bicyclic) bond motifs is 4. The first-order chi connectivity index (χ1) is 37.2. The molecule has 0 fully saturated rings. The number of unbranched alkanes of at least 4 members (excludes halogenated alkanes) is 3. The fourth-order valence-electron chi connectivity index (χ4n) is 11.5. The van der Waals surface area contributed by atoms with E-state index in [2.05, 4.69) is 225 Å². The molecule has 7 heteroatoms. The van der Waals surface area contributed by atoms with Crippen LogP contribution < -0.4 is 20.7 Å². The highest BCUT2D eigenvalue weighted by Gasteiger charge is 2.41. The first-order valence-corrected chi connectivity index (χ1v) is 30.8. The summed E-state index contributed by atoms with van der Waals surface area (Å²) in [4.78, 5) is 26.9. The van der Waals surface area contributed by atoms with Gasteiger partial charge in [-0.25, -0.2) is 4.58 Å². The molecule has 1 heterocycles. The lowest BCUT2D eigenvalue weighted by atomic mass is 9.85. The molecule has 0 atom stereocenters. The highest BCUT2D eigenvalue weighted by Crippen LogP contribution is 2.44. The number of Topliss-reactive ketones (excluding diaryl/α,β-unsaturated/α-hetero) is 1. The molecule has 0 bridgehead atoms. The van der Waals surface area contributed by atoms with E-state index in [1.54, 1.807) is 6.92 Å². The average molecular weight is 1030 g/mol. The van der Waals surface area contributed by atoms with Crippen LogP contribution in [-0.2, 0) is 35.6 Å². The highest BCUT2D eigenvalue weighted by molar-refractivity contribution is 6.98. The molecule has 0 aromatic heterocycles. The van der Waals surface area contributed by atoms with E-state index in [4.69, 9.17) is 0 Å². The summed E-state index contributed by atoms with van der Waals surface area (Å²) in [6, 6.07) is 52.0. The minimum Gasteiger partial charge on any atom is -0.370 e. The van der Waals surface area contributed by atoms with E-state index >= 15 is 0 Å². The Hall–Kier alpha value is -7.45. The lowest BCUT2D eigenvalue weighted by Crippen LogP contribution is -2.49. The van der Waals surface area contributed by atoms with Crippen LogP contribution in [0.4, 0.5) is 5.69 Å². The zero-order valence-electron chi connectivity index (χ0n) is 46.6. The third-order valence-corrected chi connectivity index (χ3v) is 19.5. The largest absolute Gasteiger partial charge is 0.370 e. The van der Waals surface area contributed by atoms with E-state index in [0.717, 1.165) is 58.2 Å². The number of allylic oxidation sites excluding steroid dienone is 6. The van der Waals surface area contributed by atoms with Crippen molar-refractivity contribution in [3.8, 4) is 11.1 Å². The van der Waals surface area contributed by atoms with E-state index < -0.39 is 8.07 Å². The fourth-order valence-corrected chi connectivity index (χ4v) is 14.6. The molecule has 0 radical (unpaired) electrons. The molecule has 0 saturated heterocycles. The number of rotatable bonds is 22. The summed E-state index contributed by atoms with van der Waals surface area (Å²) in [5, 5.41) is 14.8. The van der Waals surface area contributed by atoms with Gasteiger partial charge in [-0.2, -0.15) is 0 Å². The fraction of sp³-hybridized carbons (Fsp3) is 0.271. The smallest absolute Gasteiger partial charge is 0.246 e. The first-order valence-electron chi connectivity index (χ1n) is 27.8. The van der Waals surface area contributed by atoms with Crippen LogP contribution in [0.25, 0.3) is 38.2 Å². The topological polar surface area (TPSA) is 64.5 Å². The van der Waals surface area contributed by atoms with Crippen LogP contribution in [0.2, 0.25) is 13.1 Å². The van der Waals surface area contributed by atoms with Crippen molar-refractivity contribution in [3.63, 3.8) is 0 Å². The molecule has 1 amide bonds. The van der Waals surface area contributed by atoms with Crippen molar-refractivity contribution in [1.82, 2.24) is 10.6 Å². The molecule has 392 valence electrons. The van der Waals surface area contributed by atoms with E-state index in [1.807, 2.05) is 6.92 Å². The van der Waals surface area contributed by atoms with Gasteiger partial charge < -0.3 is 15.5 Å². The van der Waals surface area contributed by atoms with Gasteiger partial charge >= 0.3 is 0 Å². The Labute approximate surface area is 459 Å². The Kier molecular flexibility index (Phi) is 17.1. The molecule has 7 aromatic rings. The van der Waals surface area contributed by atoms with Gasteiger partial charge in [-0.05, 0) is 176 Å². The van der Waals surface area contributed by atoms with Crippen LogP contribution in [0.3, 0.4) is 0 Å². The van der Waals surface area contributed by atoms with Gasteiger partial charge in [-0.1, -0.05) is 154 Å². The summed E-state index contributed by atoms with van der Waals surface area (Å²) in [5.41, 5.74) is 17.8. The molecular formula is C70H77N4O2Si+. The minimum atomic E-state index is -2.28. The molecule has 7 aromatic carbocycles. The van der Waals surface area contributed by atoms with Gasteiger partial charge in [-0.3, -0.25) is 9.59 Å². The van der Waals surface area contributed by atoms with Crippen LogP contribution in [-0.4, -0.2) is 57.2 Å². The van der Waals surface area contributed by atoms with Crippen molar-refractivity contribution in [2.45, 2.75) is 98.4 Å². The van der Waals surface area contributed by atoms with Crippen LogP contribution in [0.1, 0.15) is 91.3 Å². The van der Waals surface area contributed by atoms with Gasteiger partial charge in [0.2, 0.25) is 5.91 Å². The number of nitrogens with one attached hydrogen (secondary N) is 2. The van der Waals surface area contributed by atoms with Gasteiger partial charge in [0, 0.05) is 62.1 Å². The van der Waals surface area contributed by atoms with Crippen LogP contribution in [0, 0.1) is 6.92 Å². The summed E-state index contributed by atoms with van der Waals surface area (Å²) in [7, 11) is 2.16. The summed E-state index contributed by atoms with van der Waals surface area (Å²) >= 11 is 0. The molecule has 2 aliphatic rings. The second kappa shape index (κ2) is 24.3. The van der Waals surface area contributed by atoms with Gasteiger partial charge in [0.25, 0.3) is 0 Å². The summed E-state index contributed by atoms with van der Waals surface area (Å²) < 4.78 is 2.39. The van der Waals surface area contributed by atoms with Gasteiger partial charge in [-0.15, -0.1) is 0 Å². The van der Waals surface area contributed by atoms with Crippen molar-refractivity contribution in [1.29, 1.82) is 0 Å². The number of aryl methyl sites for hydroxylation is 2. The predicted molar refractivity (Wildman–Crippen MR) is 329 cm³/mol. The summed E-state index contributed by atoms with van der Waals surface area (Å²) in [6.07, 6.45) is 13.6. The third-order valence-electron chi connectivity index (χ3n) is 15.9. The molecule has 1 aliphatic carbocycles. The molecule has 9 rings (SSSR count). The van der Waals surface area contributed by atoms with Crippen molar-refractivity contribution in [2.24, 2.45) is 0 Å². The quantitative estimate of drug-likeness (QED) is 0.0233. The molecule has 0 unspecified atom stereocenters. The zero-order valence-corrected chi connectivity index (χ0v) is 47.6. The Morgan fingerprint density at radius 3 is 2.04 bits per heavy atom. The van der Waals surface area contributed by atoms with Gasteiger partial charge in [0.15, 0.2) is 18.0 Å². The molecule has 0 saturated carbocycles. The van der Waals surface area contributed by atoms with E-state index in [1.165, 1.54) is 105 Å². The average Bonchev–Trinajstić information content (AvgIpc) is 3.55. The normalized spacial score (nSPS) is 14.2. The third kappa shape index (κ3) is 12.2. The SMILES string of the molecule is C=C(C)C(=O)CCCCCCc1c2ccccc2c(CNCCCNC(=O)C(=C)C)c2ccc(-c3ccc(C)c(C4=C5C=CC(=[N+](C)Cc6ccccc6)C=C5[Si](C)(C)c5cc(N(C)Cc6ccccc6)ccc54)c3)cc12. The maximum atomic E-state index is 12.4. The van der Waals surface area contributed by atoms with Crippen LogP contribution in [0.15, 0.2) is 193 Å². The number of nitrogens with zero attached hydrogens (tertiary/aromatic N) is 2. The van der Waals surface area contributed by atoms with Crippen molar-refractivity contribution in [3.05, 3.63) is 232 Å². The Bertz CT molecular complexity index is 3520. The second-order valence-electron chi connectivity index (χ2n) is 22.1. The maximum absolute atomic E-state index is 12.4. The first kappa shape index (κ1) is 54.3. The van der Waals surface area contributed by atoms with Crippen LogP contribution in [0.5, 0.6) is 0 Å². The highest BCUT2D eigenvalue weighted by atomic mass is 28.3. The number of hydrogen-bond acceptors (Lipinski definition) is 4. The standard InChI is InChI=1S/C70H76N4O2Si/c1-48(2)66(75)30-19-11-10-18-27-58-57-28-20-21-29-59(57)65(45-71-39-22-40-72-70(76)49(3)4)60-36-33-54(42-64(58)60)53-32-31-50(5)63(41-53)69-61-37-34-55(73(6)46-51-23-14-12-15-24-51)43-67(61)77(8,9)68-44-56(35-38-62(68)69)74(7)47-52-25-16-13-17-26-52/h12-17,20-21,23-26,28-29,31-38,41-44,71H,1,3,10-11,18-19,22,27,30,39-40,45-47H2,2,4-9H3/p+1. The lowest BCUT2D eigenvalue weighted by Gasteiger charge is -2.38. The second-order valence-corrected chi connectivity index (χ2v) is 26.4. The van der Waals surface area contributed by atoms with Crippen molar-refractivity contribution >= 4 is 63.5 Å². The Morgan fingerprint density at radius 2 is 1.31 bits per heavy atom. The van der Waals surface area contributed by atoms with Gasteiger partial charge in [0.1, 0.15) is 15.1 Å². The summed E-state index contributed by atoms with van der Waals surface area (Å²) in [6.45, 7) is 22.3. The minimum absolute atomic E-state index is 0.0967. The maximum Gasteiger partial charge on any atom is 0.246 e. The zero-order chi connectivity index (χ0) is 54.2. The van der Waals surface area contributed by atoms with Crippen molar-refractivity contribution in [2.75, 3.05) is 32.1 Å². The number of ketones is 1. The lowest BCUT2D eigenvalue weighted by molar-refractivity contribution is -0.512. The monoisotopic (exact) mass is 1030 g/mol.